The third kappa shape index (κ3) is 2.58. The van der Waals surface area contributed by atoms with Crippen molar-refractivity contribution in [2.45, 2.75) is 44.2 Å². The molecular weight excluding hydrogens is 298 g/mol. The van der Waals surface area contributed by atoms with E-state index in [1.165, 1.54) is 24.0 Å². The van der Waals surface area contributed by atoms with Crippen molar-refractivity contribution in [3.05, 3.63) is 65.2 Å². The van der Waals surface area contributed by atoms with E-state index < -0.39 is 0 Å². The summed E-state index contributed by atoms with van der Waals surface area (Å²) < 4.78 is 5.39. The molecule has 0 spiro atoms. The number of methoxy groups -OCH3 is 1. The van der Waals surface area contributed by atoms with Gasteiger partial charge >= 0.3 is 0 Å². The van der Waals surface area contributed by atoms with Gasteiger partial charge in [-0.2, -0.15) is 0 Å². The normalized spacial score (nSPS) is 22.7. The summed E-state index contributed by atoms with van der Waals surface area (Å²) >= 11 is 0. The molecule has 1 saturated carbocycles. The van der Waals surface area contributed by atoms with E-state index in [2.05, 4.69) is 23.1 Å². The van der Waals surface area contributed by atoms with Crippen molar-refractivity contribution in [2.24, 2.45) is 0 Å². The van der Waals surface area contributed by atoms with E-state index in [0.717, 1.165) is 24.2 Å². The zero-order valence-corrected chi connectivity index (χ0v) is 14.1. The zero-order chi connectivity index (χ0) is 16.5. The van der Waals surface area contributed by atoms with Crippen LogP contribution in [0.15, 0.2) is 48.5 Å². The van der Waals surface area contributed by atoms with Gasteiger partial charge in [0.2, 0.25) is 0 Å². The third-order valence-corrected chi connectivity index (χ3v) is 5.48. The van der Waals surface area contributed by atoms with E-state index in [-0.39, 0.29) is 5.91 Å². The molecule has 3 heteroatoms. The second kappa shape index (κ2) is 6.31. The van der Waals surface area contributed by atoms with Crippen LogP contribution in [0.1, 0.15) is 53.1 Å². The minimum atomic E-state index is 0.166. The number of ether oxygens (including phenoxy) is 1. The van der Waals surface area contributed by atoms with Gasteiger partial charge in [-0.1, -0.05) is 43.2 Å². The number of hydrogen-bond donors (Lipinski definition) is 0. The molecule has 124 valence electrons. The molecule has 1 fully saturated rings. The molecule has 3 nitrogen and oxygen atoms in total. The van der Waals surface area contributed by atoms with Crippen molar-refractivity contribution in [1.29, 1.82) is 0 Å². The van der Waals surface area contributed by atoms with Gasteiger partial charge in [0.05, 0.1) is 7.11 Å². The number of fused-ring (bicyclic) bond motifs is 3. The Morgan fingerprint density at radius 2 is 1.88 bits per heavy atom. The van der Waals surface area contributed by atoms with Gasteiger partial charge in [0, 0.05) is 24.1 Å². The molecule has 4 rings (SSSR count). The Bertz CT molecular complexity index is 741. The van der Waals surface area contributed by atoms with Crippen LogP contribution in [0.2, 0.25) is 0 Å². The number of amides is 1. The van der Waals surface area contributed by atoms with Gasteiger partial charge in [0.25, 0.3) is 5.91 Å². The molecule has 2 aliphatic rings. The first kappa shape index (κ1) is 15.3. The molecule has 0 radical (unpaired) electrons. The standard InChI is InChI=1S/C21H23NO2/c1-24-16-11-12-18-19(13-16)17-9-5-6-10-20(17)22(21(18)23)14-15-7-3-2-4-8-15/h2-4,7-8,11-13,17,20H,5-6,9-10,14H2,1H3/t17-,20+/m0/s1. The summed E-state index contributed by atoms with van der Waals surface area (Å²) in [7, 11) is 1.69. The SMILES string of the molecule is COc1ccc2c(c1)[C@@H]1CCCC[C@H]1N(Cc1ccccc1)C2=O. The van der Waals surface area contributed by atoms with Gasteiger partial charge in [-0.25, -0.2) is 0 Å². The van der Waals surface area contributed by atoms with Gasteiger partial charge in [-0.15, -0.1) is 0 Å². The van der Waals surface area contributed by atoms with Crippen LogP contribution >= 0.6 is 0 Å². The molecule has 1 aliphatic heterocycles. The van der Waals surface area contributed by atoms with Crippen LogP contribution in [0.25, 0.3) is 0 Å². The molecule has 0 saturated heterocycles. The highest BCUT2D eigenvalue weighted by atomic mass is 16.5. The smallest absolute Gasteiger partial charge is 0.254 e. The molecule has 2 aromatic rings. The minimum absolute atomic E-state index is 0.166. The summed E-state index contributed by atoms with van der Waals surface area (Å²) in [6.07, 6.45) is 4.70. The lowest BCUT2D eigenvalue weighted by Gasteiger charge is -2.45. The maximum absolute atomic E-state index is 13.2. The number of carbonyl (C=O) groups excluding carboxylic acids is 1. The predicted molar refractivity (Wildman–Crippen MR) is 94.3 cm³/mol. The number of rotatable bonds is 3. The van der Waals surface area contributed by atoms with E-state index in [0.29, 0.717) is 18.5 Å². The van der Waals surface area contributed by atoms with Crippen molar-refractivity contribution < 1.29 is 9.53 Å². The van der Waals surface area contributed by atoms with Crippen molar-refractivity contribution in [3.8, 4) is 5.75 Å². The molecule has 0 unspecified atom stereocenters. The van der Waals surface area contributed by atoms with Crippen molar-refractivity contribution in [3.63, 3.8) is 0 Å². The Balaban J connectivity index is 1.74. The average molecular weight is 321 g/mol. The maximum Gasteiger partial charge on any atom is 0.254 e. The zero-order valence-electron chi connectivity index (χ0n) is 14.1. The first-order chi connectivity index (χ1) is 11.8. The fraction of sp³-hybridized carbons (Fsp3) is 0.381. The Labute approximate surface area is 143 Å². The van der Waals surface area contributed by atoms with Crippen LogP contribution in [0.4, 0.5) is 0 Å². The van der Waals surface area contributed by atoms with Crippen LogP contribution in [-0.4, -0.2) is 24.0 Å². The number of carbonyl (C=O) groups is 1. The van der Waals surface area contributed by atoms with Gasteiger partial charge in [0.1, 0.15) is 5.75 Å². The second-order valence-corrected chi connectivity index (χ2v) is 6.83. The Morgan fingerprint density at radius 3 is 2.67 bits per heavy atom. The average Bonchev–Trinajstić information content (AvgIpc) is 2.65. The first-order valence-electron chi connectivity index (χ1n) is 8.81. The number of hydrogen-bond acceptors (Lipinski definition) is 2. The monoisotopic (exact) mass is 321 g/mol. The molecule has 2 aromatic carbocycles. The van der Waals surface area contributed by atoms with E-state index in [1.54, 1.807) is 7.11 Å². The predicted octanol–water partition coefficient (Wildman–Crippen LogP) is 4.38. The van der Waals surface area contributed by atoms with Crippen molar-refractivity contribution in [1.82, 2.24) is 4.90 Å². The highest BCUT2D eigenvalue weighted by Gasteiger charge is 2.40. The van der Waals surface area contributed by atoms with Crippen LogP contribution in [0.3, 0.4) is 0 Å². The fourth-order valence-corrected chi connectivity index (χ4v) is 4.29. The molecule has 2 atom stereocenters. The Morgan fingerprint density at radius 1 is 1.08 bits per heavy atom. The summed E-state index contributed by atoms with van der Waals surface area (Å²) in [5, 5.41) is 0. The molecule has 0 aromatic heterocycles. The summed E-state index contributed by atoms with van der Waals surface area (Å²) in [5.74, 6) is 1.45. The van der Waals surface area contributed by atoms with Gasteiger partial charge < -0.3 is 9.64 Å². The molecule has 0 bridgehead atoms. The van der Waals surface area contributed by atoms with E-state index in [4.69, 9.17) is 4.74 Å². The molecule has 0 N–H and O–H groups in total. The Hall–Kier alpha value is -2.29. The maximum atomic E-state index is 13.2. The van der Waals surface area contributed by atoms with Gasteiger partial charge in [-0.3, -0.25) is 4.79 Å². The fourth-order valence-electron chi connectivity index (χ4n) is 4.29. The van der Waals surface area contributed by atoms with E-state index >= 15 is 0 Å². The van der Waals surface area contributed by atoms with E-state index in [1.807, 2.05) is 30.3 Å². The van der Waals surface area contributed by atoms with Crippen LogP contribution in [0, 0.1) is 0 Å². The molecular formula is C21H23NO2. The summed E-state index contributed by atoms with van der Waals surface area (Å²) in [6.45, 7) is 0.701. The highest BCUT2D eigenvalue weighted by molar-refractivity contribution is 5.97. The molecule has 1 heterocycles. The summed E-state index contributed by atoms with van der Waals surface area (Å²) in [5.41, 5.74) is 3.25. The van der Waals surface area contributed by atoms with Crippen molar-refractivity contribution >= 4 is 5.91 Å². The topological polar surface area (TPSA) is 29.5 Å². The highest BCUT2D eigenvalue weighted by Crippen LogP contribution is 2.43. The lowest BCUT2D eigenvalue weighted by atomic mass is 9.74. The number of nitrogens with zero attached hydrogens (tertiary/aromatic N) is 1. The molecule has 1 aliphatic carbocycles. The van der Waals surface area contributed by atoms with Gasteiger partial charge in [-0.05, 0) is 42.2 Å². The Kier molecular flexibility index (Phi) is 4.01. The summed E-state index contributed by atoms with van der Waals surface area (Å²) in [4.78, 5) is 15.3. The lowest BCUT2D eigenvalue weighted by molar-refractivity contribution is 0.0533. The summed E-state index contributed by atoms with van der Waals surface area (Å²) in [6, 6.07) is 16.6. The molecule has 1 amide bonds. The minimum Gasteiger partial charge on any atom is -0.497 e. The van der Waals surface area contributed by atoms with Crippen LogP contribution in [-0.2, 0) is 6.54 Å². The van der Waals surface area contributed by atoms with Crippen LogP contribution < -0.4 is 4.74 Å². The first-order valence-corrected chi connectivity index (χ1v) is 8.81. The molecule has 24 heavy (non-hydrogen) atoms. The quantitative estimate of drug-likeness (QED) is 0.840. The van der Waals surface area contributed by atoms with Crippen molar-refractivity contribution in [2.75, 3.05) is 7.11 Å². The van der Waals surface area contributed by atoms with E-state index in [9.17, 15) is 4.79 Å². The van der Waals surface area contributed by atoms with Crippen LogP contribution in [0.5, 0.6) is 5.75 Å². The largest absolute Gasteiger partial charge is 0.497 e. The third-order valence-electron chi connectivity index (χ3n) is 5.48. The lowest BCUT2D eigenvalue weighted by Crippen LogP contribution is -2.48. The van der Waals surface area contributed by atoms with Gasteiger partial charge in [0.15, 0.2) is 0 Å². The second-order valence-electron chi connectivity index (χ2n) is 6.83. The number of benzene rings is 2.